The zero-order chi connectivity index (χ0) is 25.5. The number of nitrogens with one attached hydrogen (secondary N) is 1. The summed E-state index contributed by atoms with van der Waals surface area (Å²) in [5.74, 6) is 1.10. The highest BCUT2D eigenvalue weighted by Crippen LogP contribution is 2.30. The average Bonchev–Trinajstić information content (AvgIpc) is 2.89. The molecule has 0 radical (unpaired) electrons. The van der Waals surface area contributed by atoms with E-state index in [4.69, 9.17) is 9.47 Å². The zero-order valence-electron chi connectivity index (χ0n) is 19.9. The number of aryl methyl sites for hydroxylation is 1. The van der Waals surface area contributed by atoms with Crippen molar-refractivity contribution in [2.75, 3.05) is 23.3 Å². The predicted molar refractivity (Wildman–Crippen MR) is 140 cm³/mol. The van der Waals surface area contributed by atoms with Gasteiger partial charge in [-0.3, -0.25) is 9.10 Å². The van der Waals surface area contributed by atoms with E-state index < -0.39 is 22.5 Å². The molecule has 7 nitrogen and oxygen atoms in total. The first kappa shape index (κ1) is 24.8. The Labute approximate surface area is 211 Å². The molecule has 0 unspecified atom stereocenters. The SMILES string of the molecule is COc1ccc(N(CC(=O)Nc2ccccc2Oc2ccccc2)S(=O)(=O)c2ccc(C)cc2)cc1. The maximum atomic E-state index is 13.6. The molecule has 0 heterocycles. The minimum Gasteiger partial charge on any atom is -0.497 e. The van der Waals surface area contributed by atoms with Crippen molar-refractivity contribution in [1.82, 2.24) is 0 Å². The highest BCUT2D eigenvalue weighted by molar-refractivity contribution is 7.92. The molecule has 184 valence electrons. The molecular formula is C28H26N2O5S. The van der Waals surface area contributed by atoms with Crippen LogP contribution in [0.15, 0.2) is 108 Å². The van der Waals surface area contributed by atoms with E-state index in [1.807, 2.05) is 25.1 Å². The Balaban J connectivity index is 1.62. The van der Waals surface area contributed by atoms with Gasteiger partial charge in [0, 0.05) is 0 Å². The van der Waals surface area contributed by atoms with Crippen molar-refractivity contribution < 1.29 is 22.7 Å². The third-order valence-corrected chi connectivity index (χ3v) is 7.18. The molecule has 0 aliphatic carbocycles. The highest BCUT2D eigenvalue weighted by Gasteiger charge is 2.27. The Kier molecular flexibility index (Phi) is 7.56. The molecular weight excluding hydrogens is 476 g/mol. The summed E-state index contributed by atoms with van der Waals surface area (Å²) in [5.41, 5.74) is 1.69. The normalized spacial score (nSPS) is 10.9. The van der Waals surface area contributed by atoms with Crippen molar-refractivity contribution >= 4 is 27.3 Å². The van der Waals surface area contributed by atoms with Crippen LogP contribution in [-0.4, -0.2) is 28.0 Å². The number of para-hydroxylation sites is 3. The van der Waals surface area contributed by atoms with E-state index in [0.29, 0.717) is 28.6 Å². The van der Waals surface area contributed by atoms with Crippen LogP contribution >= 0.6 is 0 Å². The van der Waals surface area contributed by atoms with Crippen LogP contribution in [0.25, 0.3) is 0 Å². The molecule has 0 atom stereocenters. The topological polar surface area (TPSA) is 84.9 Å². The van der Waals surface area contributed by atoms with Gasteiger partial charge in [0.2, 0.25) is 5.91 Å². The van der Waals surface area contributed by atoms with Crippen LogP contribution in [0.1, 0.15) is 5.56 Å². The minimum absolute atomic E-state index is 0.0875. The third-order valence-electron chi connectivity index (χ3n) is 5.39. The standard InChI is InChI=1S/C28H26N2O5S/c1-21-12-18-25(19-13-21)36(32,33)30(22-14-16-23(34-2)17-15-22)20-28(31)29-26-10-6-7-11-27(26)35-24-8-4-3-5-9-24/h3-19H,20H2,1-2H3,(H,29,31). The van der Waals surface area contributed by atoms with Gasteiger partial charge in [0.15, 0.2) is 5.75 Å². The van der Waals surface area contributed by atoms with Crippen molar-refractivity contribution in [2.24, 2.45) is 0 Å². The molecule has 0 bridgehead atoms. The lowest BCUT2D eigenvalue weighted by Gasteiger charge is -2.24. The summed E-state index contributed by atoms with van der Waals surface area (Å²) in [4.78, 5) is 13.2. The van der Waals surface area contributed by atoms with E-state index in [-0.39, 0.29) is 4.90 Å². The lowest BCUT2D eigenvalue weighted by molar-refractivity contribution is -0.114. The van der Waals surface area contributed by atoms with E-state index in [2.05, 4.69) is 5.32 Å². The number of rotatable bonds is 9. The van der Waals surface area contributed by atoms with Crippen LogP contribution in [0.5, 0.6) is 17.2 Å². The summed E-state index contributed by atoms with van der Waals surface area (Å²) in [7, 11) is -2.51. The summed E-state index contributed by atoms with van der Waals surface area (Å²) in [5, 5.41) is 2.79. The number of anilines is 2. The number of carbonyl (C=O) groups excluding carboxylic acids is 1. The number of benzene rings is 4. The molecule has 0 saturated carbocycles. The van der Waals surface area contributed by atoms with Crippen LogP contribution in [0.2, 0.25) is 0 Å². The first-order valence-electron chi connectivity index (χ1n) is 11.2. The van der Waals surface area contributed by atoms with Crippen molar-refractivity contribution in [3.8, 4) is 17.2 Å². The second-order valence-electron chi connectivity index (χ2n) is 7.98. The van der Waals surface area contributed by atoms with Crippen LogP contribution in [0.4, 0.5) is 11.4 Å². The van der Waals surface area contributed by atoms with Gasteiger partial charge in [0.25, 0.3) is 10.0 Å². The molecule has 1 N–H and O–H groups in total. The van der Waals surface area contributed by atoms with Gasteiger partial charge in [-0.25, -0.2) is 8.42 Å². The van der Waals surface area contributed by atoms with Crippen molar-refractivity contribution in [3.63, 3.8) is 0 Å². The number of hydrogen-bond acceptors (Lipinski definition) is 5. The predicted octanol–water partition coefficient (Wildman–Crippen LogP) is 5.63. The van der Waals surface area contributed by atoms with Gasteiger partial charge in [0.05, 0.1) is 23.4 Å². The molecule has 0 aliphatic rings. The van der Waals surface area contributed by atoms with E-state index in [1.165, 1.54) is 19.2 Å². The van der Waals surface area contributed by atoms with E-state index in [1.54, 1.807) is 72.8 Å². The van der Waals surface area contributed by atoms with Gasteiger partial charge in [-0.05, 0) is 67.6 Å². The summed E-state index contributed by atoms with van der Waals surface area (Å²) in [6, 6.07) is 29.2. The summed E-state index contributed by atoms with van der Waals surface area (Å²) < 4.78 is 39.4. The number of carbonyl (C=O) groups is 1. The van der Waals surface area contributed by atoms with Crippen molar-refractivity contribution in [1.29, 1.82) is 0 Å². The third kappa shape index (κ3) is 5.84. The van der Waals surface area contributed by atoms with Crippen LogP contribution < -0.4 is 19.1 Å². The maximum Gasteiger partial charge on any atom is 0.264 e. The molecule has 36 heavy (non-hydrogen) atoms. The van der Waals surface area contributed by atoms with Crippen molar-refractivity contribution in [2.45, 2.75) is 11.8 Å². The largest absolute Gasteiger partial charge is 0.497 e. The Morgan fingerprint density at radius 3 is 2.11 bits per heavy atom. The zero-order valence-corrected chi connectivity index (χ0v) is 20.7. The van der Waals surface area contributed by atoms with Gasteiger partial charge in [-0.1, -0.05) is 48.0 Å². The Morgan fingerprint density at radius 2 is 1.44 bits per heavy atom. The second-order valence-corrected chi connectivity index (χ2v) is 9.84. The molecule has 4 aromatic rings. The lowest BCUT2D eigenvalue weighted by atomic mass is 10.2. The van der Waals surface area contributed by atoms with Crippen LogP contribution in [-0.2, 0) is 14.8 Å². The second kappa shape index (κ2) is 11.0. The number of sulfonamides is 1. The first-order chi connectivity index (χ1) is 17.4. The molecule has 0 fully saturated rings. The number of ether oxygens (including phenoxy) is 2. The Hall–Kier alpha value is -4.30. The molecule has 0 saturated heterocycles. The summed E-state index contributed by atoms with van der Waals surface area (Å²) >= 11 is 0. The first-order valence-corrected chi connectivity index (χ1v) is 12.7. The number of methoxy groups -OCH3 is 1. The molecule has 8 heteroatoms. The molecule has 4 aromatic carbocycles. The molecule has 0 spiro atoms. The summed E-state index contributed by atoms with van der Waals surface area (Å²) in [6.45, 7) is 1.43. The number of hydrogen-bond donors (Lipinski definition) is 1. The molecule has 1 amide bonds. The van der Waals surface area contributed by atoms with E-state index in [9.17, 15) is 13.2 Å². The Morgan fingerprint density at radius 1 is 0.806 bits per heavy atom. The fraction of sp³-hybridized carbons (Fsp3) is 0.107. The molecule has 0 aliphatic heterocycles. The van der Waals surface area contributed by atoms with Gasteiger partial charge in [0.1, 0.15) is 18.0 Å². The van der Waals surface area contributed by atoms with Crippen molar-refractivity contribution in [3.05, 3.63) is 109 Å². The van der Waals surface area contributed by atoms with Gasteiger partial charge < -0.3 is 14.8 Å². The average molecular weight is 503 g/mol. The summed E-state index contributed by atoms with van der Waals surface area (Å²) in [6.07, 6.45) is 0. The smallest absolute Gasteiger partial charge is 0.264 e. The van der Waals surface area contributed by atoms with Gasteiger partial charge >= 0.3 is 0 Å². The monoisotopic (exact) mass is 502 g/mol. The maximum absolute atomic E-state index is 13.6. The molecule has 0 aromatic heterocycles. The minimum atomic E-state index is -4.04. The van der Waals surface area contributed by atoms with Crippen LogP contribution in [0, 0.1) is 6.92 Å². The quantitative estimate of drug-likeness (QED) is 0.321. The van der Waals surface area contributed by atoms with E-state index >= 15 is 0 Å². The fourth-order valence-corrected chi connectivity index (χ4v) is 4.92. The Bertz CT molecular complexity index is 1420. The van der Waals surface area contributed by atoms with Gasteiger partial charge in [-0.15, -0.1) is 0 Å². The van der Waals surface area contributed by atoms with E-state index in [0.717, 1.165) is 9.87 Å². The number of nitrogens with zero attached hydrogens (tertiary/aromatic N) is 1. The fourth-order valence-electron chi connectivity index (χ4n) is 3.50. The lowest BCUT2D eigenvalue weighted by Crippen LogP contribution is -2.38. The van der Waals surface area contributed by atoms with Crippen LogP contribution in [0.3, 0.4) is 0 Å². The van der Waals surface area contributed by atoms with Gasteiger partial charge in [-0.2, -0.15) is 0 Å². The molecule has 4 rings (SSSR count). The highest BCUT2D eigenvalue weighted by atomic mass is 32.2. The number of amides is 1.